The van der Waals surface area contributed by atoms with Crippen molar-refractivity contribution in [3.8, 4) is 16.9 Å². The normalized spacial score (nSPS) is 10.6. The lowest BCUT2D eigenvalue weighted by Gasteiger charge is -2.07. The molecule has 0 spiro atoms. The minimum atomic E-state index is 0.892. The predicted octanol–water partition coefficient (Wildman–Crippen LogP) is 3.55. The largest absolute Gasteiger partial charge is 0.220 e. The lowest BCUT2D eigenvalue weighted by molar-refractivity contribution is 0.794. The van der Waals surface area contributed by atoms with Crippen molar-refractivity contribution in [2.24, 2.45) is 0 Å². The Balaban J connectivity index is 2.07. The Morgan fingerprint density at radius 3 is 2.21 bits per heavy atom. The molecule has 3 rings (SSSR count). The van der Waals surface area contributed by atoms with Crippen molar-refractivity contribution in [3.63, 3.8) is 0 Å². The summed E-state index contributed by atoms with van der Waals surface area (Å²) in [7, 11) is 0. The van der Waals surface area contributed by atoms with E-state index in [1.807, 2.05) is 41.2 Å². The molecule has 1 heterocycles. The van der Waals surface area contributed by atoms with Gasteiger partial charge in [-0.1, -0.05) is 53.7 Å². The van der Waals surface area contributed by atoms with Crippen molar-refractivity contribution < 1.29 is 0 Å². The maximum atomic E-state index is 4.26. The van der Waals surface area contributed by atoms with Gasteiger partial charge < -0.3 is 0 Å². The summed E-state index contributed by atoms with van der Waals surface area (Å²) in [5, 5.41) is 8.51. The monoisotopic (exact) mass is 249 g/mol. The molecule has 3 aromatic rings. The zero-order valence-corrected chi connectivity index (χ0v) is 11.0. The molecule has 0 unspecified atom stereocenters. The van der Waals surface area contributed by atoms with Crippen LogP contribution in [0.25, 0.3) is 16.9 Å². The Hall–Kier alpha value is -2.42. The zero-order chi connectivity index (χ0) is 13.2. The van der Waals surface area contributed by atoms with E-state index < -0.39 is 0 Å². The van der Waals surface area contributed by atoms with Gasteiger partial charge in [-0.05, 0) is 25.0 Å². The SMILES string of the molecule is Cc1cccc(C)c1-n1cc(-c2ccccc2)nn1. The minimum Gasteiger partial charge on any atom is -0.220 e. The van der Waals surface area contributed by atoms with E-state index in [2.05, 4.69) is 42.4 Å². The molecule has 0 saturated heterocycles. The van der Waals surface area contributed by atoms with Crippen LogP contribution in [0.15, 0.2) is 54.7 Å². The van der Waals surface area contributed by atoms with Gasteiger partial charge in [-0.2, -0.15) is 0 Å². The Bertz CT molecular complexity index is 679. The summed E-state index contributed by atoms with van der Waals surface area (Å²) in [6, 6.07) is 16.3. The number of aromatic nitrogens is 3. The maximum Gasteiger partial charge on any atom is 0.113 e. The molecule has 1 aromatic heterocycles. The van der Waals surface area contributed by atoms with E-state index in [9.17, 15) is 0 Å². The molecule has 0 fully saturated rings. The van der Waals surface area contributed by atoms with Gasteiger partial charge >= 0.3 is 0 Å². The quantitative estimate of drug-likeness (QED) is 0.695. The third-order valence-corrected chi connectivity index (χ3v) is 3.23. The fourth-order valence-electron chi connectivity index (χ4n) is 2.28. The van der Waals surface area contributed by atoms with Gasteiger partial charge in [-0.25, -0.2) is 4.68 Å². The van der Waals surface area contributed by atoms with E-state index in [0.29, 0.717) is 0 Å². The fourth-order valence-corrected chi connectivity index (χ4v) is 2.28. The summed E-state index contributed by atoms with van der Waals surface area (Å²) >= 11 is 0. The van der Waals surface area contributed by atoms with Crippen molar-refractivity contribution in [1.29, 1.82) is 0 Å². The fraction of sp³-hybridized carbons (Fsp3) is 0.125. The van der Waals surface area contributed by atoms with Crippen LogP contribution < -0.4 is 0 Å². The van der Waals surface area contributed by atoms with E-state index in [4.69, 9.17) is 0 Å². The Morgan fingerprint density at radius 1 is 0.842 bits per heavy atom. The van der Waals surface area contributed by atoms with Gasteiger partial charge in [0.25, 0.3) is 0 Å². The van der Waals surface area contributed by atoms with Crippen LogP contribution in [0, 0.1) is 13.8 Å². The molecule has 3 nitrogen and oxygen atoms in total. The number of hydrogen-bond donors (Lipinski definition) is 0. The van der Waals surface area contributed by atoms with Crippen molar-refractivity contribution in [2.45, 2.75) is 13.8 Å². The summed E-state index contributed by atoms with van der Waals surface area (Å²) in [4.78, 5) is 0. The Morgan fingerprint density at radius 2 is 1.53 bits per heavy atom. The van der Waals surface area contributed by atoms with Crippen LogP contribution in [-0.4, -0.2) is 15.0 Å². The first-order valence-electron chi connectivity index (χ1n) is 6.30. The van der Waals surface area contributed by atoms with Crippen LogP contribution >= 0.6 is 0 Å². The number of aryl methyl sites for hydroxylation is 2. The van der Waals surface area contributed by atoms with Gasteiger partial charge in [-0.15, -0.1) is 5.10 Å². The molecule has 2 aromatic carbocycles. The molecule has 94 valence electrons. The van der Waals surface area contributed by atoms with Crippen molar-refractivity contribution in [3.05, 3.63) is 65.9 Å². The first-order chi connectivity index (χ1) is 9.25. The van der Waals surface area contributed by atoms with Crippen molar-refractivity contribution in [1.82, 2.24) is 15.0 Å². The average molecular weight is 249 g/mol. The second kappa shape index (κ2) is 4.69. The lowest BCUT2D eigenvalue weighted by atomic mass is 10.1. The number of para-hydroxylation sites is 1. The molecule has 19 heavy (non-hydrogen) atoms. The maximum absolute atomic E-state index is 4.26. The summed E-state index contributed by atoms with van der Waals surface area (Å²) in [6.07, 6.45) is 1.98. The van der Waals surface area contributed by atoms with E-state index in [1.165, 1.54) is 11.1 Å². The molecule has 0 aliphatic heterocycles. The molecular weight excluding hydrogens is 234 g/mol. The number of hydrogen-bond acceptors (Lipinski definition) is 2. The zero-order valence-electron chi connectivity index (χ0n) is 11.0. The van der Waals surface area contributed by atoms with Crippen LogP contribution in [0.1, 0.15) is 11.1 Å². The minimum absolute atomic E-state index is 0.892. The van der Waals surface area contributed by atoms with Crippen LogP contribution in [0.4, 0.5) is 0 Å². The van der Waals surface area contributed by atoms with Crippen LogP contribution in [0.2, 0.25) is 0 Å². The third-order valence-electron chi connectivity index (χ3n) is 3.23. The highest BCUT2D eigenvalue weighted by atomic mass is 15.4. The molecule has 3 heteroatoms. The second-order valence-corrected chi connectivity index (χ2v) is 4.65. The predicted molar refractivity (Wildman–Crippen MR) is 76.3 cm³/mol. The van der Waals surface area contributed by atoms with Gasteiger partial charge in [0.15, 0.2) is 0 Å². The average Bonchev–Trinajstić information content (AvgIpc) is 2.89. The summed E-state index contributed by atoms with van der Waals surface area (Å²) in [5.74, 6) is 0. The summed E-state index contributed by atoms with van der Waals surface area (Å²) < 4.78 is 1.85. The van der Waals surface area contributed by atoms with Gasteiger partial charge in [0.05, 0.1) is 11.9 Å². The third kappa shape index (κ3) is 2.15. The summed E-state index contributed by atoms with van der Waals surface area (Å²) in [6.45, 7) is 4.18. The Labute approximate surface area is 112 Å². The molecule has 0 bridgehead atoms. The van der Waals surface area contributed by atoms with E-state index in [1.54, 1.807) is 0 Å². The molecular formula is C16H15N3. The van der Waals surface area contributed by atoms with Crippen molar-refractivity contribution in [2.75, 3.05) is 0 Å². The van der Waals surface area contributed by atoms with Gasteiger partial charge in [0, 0.05) is 5.56 Å². The van der Waals surface area contributed by atoms with Crippen LogP contribution in [0.5, 0.6) is 0 Å². The van der Waals surface area contributed by atoms with Gasteiger partial charge in [0.2, 0.25) is 0 Å². The highest BCUT2D eigenvalue weighted by molar-refractivity contribution is 5.58. The topological polar surface area (TPSA) is 30.7 Å². The van der Waals surface area contributed by atoms with E-state index in [0.717, 1.165) is 16.9 Å². The van der Waals surface area contributed by atoms with Gasteiger partial charge in [-0.3, -0.25) is 0 Å². The highest BCUT2D eigenvalue weighted by Gasteiger charge is 2.08. The smallest absolute Gasteiger partial charge is 0.113 e. The molecule has 0 N–H and O–H groups in total. The van der Waals surface area contributed by atoms with Gasteiger partial charge in [0.1, 0.15) is 5.69 Å². The highest BCUT2D eigenvalue weighted by Crippen LogP contribution is 2.21. The Kier molecular flexibility index (Phi) is 2.88. The van der Waals surface area contributed by atoms with Crippen LogP contribution in [-0.2, 0) is 0 Å². The lowest BCUT2D eigenvalue weighted by Crippen LogP contribution is -2.00. The standard InChI is InChI=1S/C16H15N3/c1-12-7-6-8-13(2)16(12)19-11-15(17-18-19)14-9-4-3-5-10-14/h3-11H,1-2H3. The molecule has 0 aliphatic carbocycles. The summed E-state index contributed by atoms with van der Waals surface area (Å²) in [5.41, 5.74) is 5.48. The van der Waals surface area contributed by atoms with Crippen molar-refractivity contribution >= 4 is 0 Å². The molecule has 0 atom stereocenters. The number of rotatable bonds is 2. The van der Waals surface area contributed by atoms with Crippen LogP contribution in [0.3, 0.4) is 0 Å². The molecule has 0 amide bonds. The molecule has 0 radical (unpaired) electrons. The van der Waals surface area contributed by atoms with E-state index in [-0.39, 0.29) is 0 Å². The number of nitrogens with zero attached hydrogens (tertiary/aromatic N) is 3. The molecule has 0 aliphatic rings. The number of benzene rings is 2. The molecule has 0 saturated carbocycles. The second-order valence-electron chi connectivity index (χ2n) is 4.65. The first-order valence-corrected chi connectivity index (χ1v) is 6.30. The van der Waals surface area contributed by atoms with E-state index >= 15 is 0 Å². The first kappa shape index (κ1) is 11.7.